The molecular weight excluding hydrogens is 212 g/mol. The number of nitrogen functional groups attached to an aromatic ring is 1. The predicted octanol–water partition coefficient (Wildman–Crippen LogP) is 2.03. The standard InChI is InChI=1S/C14H16N2O/c1-14(6-7-14)5-4-11-10-12(16-8-9-17)2-3-13(11)15/h2-3,9-10,16H,6-8,15H2,1H3. The minimum Gasteiger partial charge on any atom is -0.398 e. The lowest BCUT2D eigenvalue weighted by atomic mass is 10.1. The number of hydrogen-bond acceptors (Lipinski definition) is 3. The quantitative estimate of drug-likeness (QED) is 0.473. The molecule has 1 fully saturated rings. The second-order valence-electron chi connectivity index (χ2n) is 4.66. The van der Waals surface area contributed by atoms with Gasteiger partial charge in [0.15, 0.2) is 0 Å². The van der Waals surface area contributed by atoms with Crippen molar-refractivity contribution in [3.05, 3.63) is 23.8 Å². The molecule has 0 saturated heterocycles. The molecule has 1 aliphatic carbocycles. The maximum atomic E-state index is 10.3. The van der Waals surface area contributed by atoms with Crippen molar-refractivity contribution < 1.29 is 4.79 Å². The summed E-state index contributed by atoms with van der Waals surface area (Å²) in [6.07, 6.45) is 3.17. The molecule has 3 heteroatoms. The van der Waals surface area contributed by atoms with Crippen LogP contribution in [-0.4, -0.2) is 12.8 Å². The number of carbonyl (C=O) groups is 1. The van der Waals surface area contributed by atoms with E-state index in [0.717, 1.165) is 17.5 Å². The molecular formula is C14H16N2O. The van der Waals surface area contributed by atoms with Gasteiger partial charge in [0, 0.05) is 22.4 Å². The zero-order valence-corrected chi connectivity index (χ0v) is 9.92. The summed E-state index contributed by atoms with van der Waals surface area (Å²) in [7, 11) is 0. The number of hydrogen-bond donors (Lipinski definition) is 2. The SMILES string of the molecule is CC1(C#Cc2cc(NCC=O)ccc2N)CC1. The Hall–Kier alpha value is -1.95. The van der Waals surface area contributed by atoms with E-state index in [2.05, 4.69) is 24.1 Å². The second-order valence-corrected chi connectivity index (χ2v) is 4.66. The summed E-state index contributed by atoms with van der Waals surface area (Å²) in [5.41, 5.74) is 8.44. The number of aldehydes is 1. The maximum absolute atomic E-state index is 10.3. The van der Waals surface area contributed by atoms with Gasteiger partial charge < -0.3 is 15.8 Å². The van der Waals surface area contributed by atoms with Crippen LogP contribution in [0.3, 0.4) is 0 Å². The van der Waals surface area contributed by atoms with E-state index in [1.54, 1.807) is 0 Å². The monoisotopic (exact) mass is 228 g/mol. The Morgan fingerprint density at radius 1 is 1.53 bits per heavy atom. The summed E-state index contributed by atoms with van der Waals surface area (Å²) in [5, 5.41) is 2.98. The highest BCUT2D eigenvalue weighted by molar-refractivity contribution is 5.66. The Kier molecular flexibility index (Phi) is 3.06. The van der Waals surface area contributed by atoms with Crippen LogP contribution in [0.15, 0.2) is 18.2 Å². The zero-order valence-electron chi connectivity index (χ0n) is 9.92. The van der Waals surface area contributed by atoms with Crippen LogP contribution in [0.5, 0.6) is 0 Å². The number of carbonyl (C=O) groups excluding carboxylic acids is 1. The van der Waals surface area contributed by atoms with Crippen molar-refractivity contribution in [2.24, 2.45) is 5.41 Å². The molecule has 17 heavy (non-hydrogen) atoms. The fourth-order valence-electron chi connectivity index (χ4n) is 1.46. The van der Waals surface area contributed by atoms with Gasteiger partial charge in [0.25, 0.3) is 0 Å². The van der Waals surface area contributed by atoms with E-state index in [9.17, 15) is 4.79 Å². The van der Waals surface area contributed by atoms with Crippen LogP contribution in [0.2, 0.25) is 0 Å². The molecule has 0 amide bonds. The van der Waals surface area contributed by atoms with Gasteiger partial charge in [-0.05, 0) is 38.0 Å². The highest BCUT2D eigenvalue weighted by Gasteiger charge is 2.35. The van der Waals surface area contributed by atoms with Crippen LogP contribution in [0.4, 0.5) is 11.4 Å². The van der Waals surface area contributed by atoms with Gasteiger partial charge in [-0.2, -0.15) is 0 Å². The third kappa shape index (κ3) is 3.01. The van der Waals surface area contributed by atoms with E-state index in [4.69, 9.17) is 5.73 Å². The lowest BCUT2D eigenvalue weighted by Crippen LogP contribution is -2.03. The molecule has 88 valence electrons. The summed E-state index contributed by atoms with van der Waals surface area (Å²) in [5.74, 6) is 6.37. The van der Waals surface area contributed by atoms with E-state index < -0.39 is 0 Å². The van der Waals surface area contributed by atoms with E-state index in [1.165, 1.54) is 12.8 Å². The molecule has 0 unspecified atom stereocenters. The fourth-order valence-corrected chi connectivity index (χ4v) is 1.46. The van der Waals surface area contributed by atoms with Crippen molar-refractivity contribution in [2.75, 3.05) is 17.6 Å². The van der Waals surface area contributed by atoms with Crippen molar-refractivity contribution in [3.8, 4) is 11.8 Å². The zero-order chi connectivity index (χ0) is 12.3. The average molecular weight is 228 g/mol. The number of nitrogens with one attached hydrogen (secondary N) is 1. The van der Waals surface area contributed by atoms with Crippen LogP contribution >= 0.6 is 0 Å². The lowest BCUT2D eigenvalue weighted by Gasteiger charge is -2.05. The summed E-state index contributed by atoms with van der Waals surface area (Å²) in [6.45, 7) is 2.46. The molecule has 0 heterocycles. The molecule has 1 saturated carbocycles. The van der Waals surface area contributed by atoms with Gasteiger partial charge in [0.1, 0.15) is 6.29 Å². The van der Waals surface area contributed by atoms with E-state index >= 15 is 0 Å². The molecule has 0 bridgehead atoms. The van der Waals surface area contributed by atoms with Crippen molar-refractivity contribution in [3.63, 3.8) is 0 Å². The fraction of sp³-hybridized carbons (Fsp3) is 0.357. The largest absolute Gasteiger partial charge is 0.398 e. The predicted molar refractivity (Wildman–Crippen MR) is 69.6 cm³/mol. The van der Waals surface area contributed by atoms with Crippen LogP contribution in [0.1, 0.15) is 25.3 Å². The minimum atomic E-state index is 0.193. The van der Waals surface area contributed by atoms with Crippen molar-refractivity contribution >= 4 is 17.7 Å². The lowest BCUT2D eigenvalue weighted by molar-refractivity contribution is -0.106. The number of rotatable bonds is 3. The van der Waals surface area contributed by atoms with Gasteiger partial charge in [-0.15, -0.1) is 0 Å². The molecule has 1 aliphatic rings. The first kappa shape index (κ1) is 11.5. The number of nitrogens with two attached hydrogens (primary N) is 1. The molecule has 0 atom stereocenters. The third-order valence-corrected chi connectivity index (χ3v) is 2.94. The Labute approximate surface area is 101 Å². The van der Waals surface area contributed by atoms with Crippen molar-refractivity contribution in [1.29, 1.82) is 0 Å². The van der Waals surface area contributed by atoms with Gasteiger partial charge in [-0.1, -0.05) is 11.8 Å². The summed E-state index contributed by atoms with van der Waals surface area (Å²) in [4.78, 5) is 10.3. The van der Waals surface area contributed by atoms with Gasteiger partial charge in [-0.25, -0.2) is 0 Å². The first-order chi connectivity index (χ1) is 8.13. The van der Waals surface area contributed by atoms with Crippen molar-refractivity contribution in [2.45, 2.75) is 19.8 Å². The Morgan fingerprint density at radius 3 is 2.94 bits per heavy atom. The molecule has 0 aliphatic heterocycles. The normalized spacial score (nSPS) is 15.6. The molecule has 2 rings (SSSR count). The summed E-state index contributed by atoms with van der Waals surface area (Å²) >= 11 is 0. The first-order valence-corrected chi connectivity index (χ1v) is 5.73. The Bertz CT molecular complexity index is 493. The molecule has 0 spiro atoms. The summed E-state index contributed by atoms with van der Waals surface area (Å²) in [6, 6.07) is 5.55. The molecule has 3 N–H and O–H groups in total. The molecule has 0 aromatic heterocycles. The van der Waals surface area contributed by atoms with Crippen LogP contribution in [0.25, 0.3) is 0 Å². The van der Waals surface area contributed by atoms with E-state index in [1.807, 2.05) is 18.2 Å². The van der Waals surface area contributed by atoms with E-state index in [0.29, 0.717) is 12.2 Å². The Balaban J connectivity index is 2.19. The van der Waals surface area contributed by atoms with Gasteiger partial charge in [0.2, 0.25) is 0 Å². The highest BCUT2D eigenvalue weighted by atomic mass is 16.1. The minimum absolute atomic E-state index is 0.193. The first-order valence-electron chi connectivity index (χ1n) is 5.73. The molecule has 3 nitrogen and oxygen atoms in total. The van der Waals surface area contributed by atoms with Crippen LogP contribution < -0.4 is 11.1 Å². The molecule has 0 radical (unpaired) electrons. The second kappa shape index (κ2) is 4.50. The van der Waals surface area contributed by atoms with Gasteiger partial charge in [-0.3, -0.25) is 0 Å². The average Bonchev–Trinajstić information content (AvgIpc) is 3.05. The smallest absolute Gasteiger partial charge is 0.139 e. The third-order valence-electron chi connectivity index (χ3n) is 2.94. The van der Waals surface area contributed by atoms with E-state index in [-0.39, 0.29) is 5.41 Å². The topological polar surface area (TPSA) is 55.1 Å². The summed E-state index contributed by atoms with van der Waals surface area (Å²) < 4.78 is 0. The van der Waals surface area contributed by atoms with Gasteiger partial charge >= 0.3 is 0 Å². The highest BCUT2D eigenvalue weighted by Crippen LogP contribution is 2.44. The molecule has 1 aromatic rings. The van der Waals surface area contributed by atoms with Crippen LogP contribution in [0, 0.1) is 17.3 Å². The van der Waals surface area contributed by atoms with Crippen LogP contribution in [-0.2, 0) is 4.79 Å². The van der Waals surface area contributed by atoms with Crippen molar-refractivity contribution in [1.82, 2.24) is 0 Å². The number of benzene rings is 1. The molecule has 1 aromatic carbocycles. The number of anilines is 2. The maximum Gasteiger partial charge on any atom is 0.139 e. The van der Waals surface area contributed by atoms with Gasteiger partial charge in [0.05, 0.1) is 6.54 Å². The Morgan fingerprint density at radius 2 is 2.29 bits per heavy atom.